The summed E-state index contributed by atoms with van der Waals surface area (Å²) in [6.07, 6.45) is 1.25. The van der Waals surface area contributed by atoms with Gasteiger partial charge in [0.2, 0.25) is 29.5 Å². The van der Waals surface area contributed by atoms with E-state index in [1.807, 2.05) is 32.0 Å². The lowest BCUT2D eigenvalue weighted by Crippen LogP contribution is -2.59. The predicted octanol–water partition coefficient (Wildman–Crippen LogP) is -2.85. The van der Waals surface area contributed by atoms with E-state index in [0.29, 0.717) is 12.8 Å². The summed E-state index contributed by atoms with van der Waals surface area (Å²) < 4.78 is 0. The molecule has 1 rings (SSSR count). The summed E-state index contributed by atoms with van der Waals surface area (Å²) in [5.74, 6) is -3.53. The lowest BCUT2D eigenvalue weighted by molar-refractivity contribution is -0.134. The summed E-state index contributed by atoms with van der Waals surface area (Å²) in [6.45, 7) is 5.61. The molecule has 0 heterocycles. The SMILES string of the molecule is CC(C)C[C@H](NC(=O)[C@H](Cc1ccccc1)NC(=O)[C@H](C)N)C(=O)N[C@@H](CCCN=C(N)N)C(=O)N[C@@H](CCCN=C(N)N)C(N)=O. The highest BCUT2D eigenvalue weighted by atomic mass is 16.2. The van der Waals surface area contributed by atoms with Crippen molar-refractivity contribution in [1.29, 1.82) is 0 Å². The summed E-state index contributed by atoms with van der Waals surface area (Å²) in [5.41, 5.74) is 33.5. The van der Waals surface area contributed by atoms with Crippen LogP contribution in [0.4, 0.5) is 0 Å². The zero-order valence-corrected chi connectivity index (χ0v) is 27.4. The Hall–Kier alpha value is -4.93. The molecule has 0 bridgehead atoms. The number of carbonyl (C=O) groups excluding carboxylic acids is 5. The lowest BCUT2D eigenvalue weighted by atomic mass is 10.00. The van der Waals surface area contributed by atoms with E-state index in [0.717, 1.165) is 5.56 Å². The molecule has 47 heavy (non-hydrogen) atoms. The Morgan fingerprint density at radius 2 is 1.09 bits per heavy atom. The van der Waals surface area contributed by atoms with E-state index in [2.05, 4.69) is 31.3 Å². The summed E-state index contributed by atoms with van der Waals surface area (Å²) in [5, 5.41) is 10.7. The monoisotopic (exact) mass is 660 g/mol. The molecule has 17 heteroatoms. The zero-order valence-electron chi connectivity index (χ0n) is 27.4. The third-order valence-corrected chi connectivity index (χ3v) is 6.85. The first-order chi connectivity index (χ1) is 22.1. The van der Waals surface area contributed by atoms with E-state index < -0.39 is 59.7 Å². The third-order valence-electron chi connectivity index (χ3n) is 6.85. The van der Waals surface area contributed by atoms with Gasteiger partial charge >= 0.3 is 0 Å². The molecule has 0 unspecified atom stereocenters. The van der Waals surface area contributed by atoms with Crippen molar-refractivity contribution in [3.8, 4) is 0 Å². The van der Waals surface area contributed by atoms with Gasteiger partial charge in [0.1, 0.15) is 24.2 Å². The molecule has 0 fully saturated rings. The molecule has 17 nitrogen and oxygen atoms in total. The highest BCUT2D eigenvalue weighted by molar-refractivity contribution is 5.95. The fraction of sp³-hybridized carbons (Fsp3) is 0.567. The van der Waals surface area contributed by atoms with E-state index in [1.165, 1.54) is 6.92 Å². The maximum Gasteiger partial charge on any atom is 0.243 e. The Labute approximate surface area is 275 Å². The molecule has 262 valence electrons. The van der Waals surface area contributed by atoms with Gasteiger partial charge in [0.15, 0.2) is 11.9 Å². The van der Waals surface area contributed by atoms with Gasteiger partial charge in [0.05, 0.1) is 6.04 Å². The van der Waals surface area contributed by atoms with E-state index >= 15 is 0 Å². The Balaban J connectivity index is 3.21. The molecule has 1 aromatic rings. The second kappa shape index (κ2) is 21.0. The van der Waals surface area contributed by atoms with Crippen LogP contribution in [0.5, 0.6) is 0 Å². The molecule has 0 spiro atoms. The Morgan fingerprint density at radius 3 is 1.57 bits per heavy atom. The summed E-state index contributed by atoms with van der Waals surface area (Å²) in [4.78, 5) is 72.9. The number of nitrogens with zero attached hydrogens (tertiary/aromatic N) is 2. The topological polar surface area (TPSA) is 314 Å². The van der Waals surface area contributed by atoms with Crippen molar-refractivity contribution in [2.45, 2.75) is 89.5 Å². The fourth-order valence-electron chi connectivity index (χ4n) is 4.44. The molecule has 0 aliphatic rings. The minimum Gasteiger partial charge on any atom is -0.370 e. The van der Waals surface area contributed by atoms with Gasteiger partial charge < -0.3 is 55.7 Å². The molecule has 16 N–H and O–H groups in total. The molecule has 0 saturated heterocycles. The molecular formula is C30H52N12O5. The van der Waals surface area contributed by atoms with Gasteiger partial charge in [-0.3, -0.25) is 34.0 Å². The first kappa shape index (κ1) is 40.1. The van der Waals surface area contributed by atoms with Crippen LogP contribution in [-0.4, -0.2) is 84.8 Å². The first-order valence-electron chi connectivity index (χ1n) is 15.5. The van der Waals surface area contributed by atoms with Gasteiger partial charge in [-0.15, -0.1) is 0 Å². The molecule has 5 atom stereocenters. The number of amides is 5. The van der Waals surface area contributed by atoms with Crippen molar-refractivity contribution >= 4 is 41.5 Å². The van der Waals surface area contributed by atoms with Gasteiger partial charge in [-0.1, -0.05) is 44.2 Å². The van der Waals surface area contributed by atoms with Crippen LogP contribution in [0.1, 0.15) is 58.4 Å². The number of benzene rings is 1. The van der Waals surface area contributed by atoms with Crippen molar-refractivity contribution in [2.75, 3.05) is 13.1 Å². The average molecular weight is 661 g/mol. The molecule has 0 aromatic heterocycles. The molecule has 1 aromatic carbocycles. The molecule has 0 aliphatic heterocycles. The summed E-state index contributed by atoms with van der Waals surface area (Å²) >= 11 is 0. The van der Waals surface area contributed by atoms with Gasteiger partial charge in [-0.05, 0) is 50.5 Å². The Kier molecular flexibility index (Phi) is 17.9. The minimum atomic E-state index is -1.14. The first-order valence-corrected chi connectivity index (χ1v) is 15.5. The van der Waals surface area contributed by atoms with E-state index in [1.54, 1.807) is 12.1 Å². The second-order valence-corrected chi connectivity index (χ2v) is 11.7. The quantitative estimate of drug-likeness (QED) is 0.0365. The molecule has 0 aliphatic carbocycles. The third kappa shape index (κ3) is 16.8. The second-order valence-electron chi connectivity index (χ2n) is 11.7. The number of primary amides is 1. The maximum absolute atomic E-state index is 13.7. The van der Waals surface area contributed by atoms with Crippen molar-refractivity contribution in [1.82, 2.24) is 21.3 Å². The fourth-order valence-corrected chi connectivity index (χ4v) is 4.44. The van der Waals surface area contributed by atoms with Crippen molar-refractivity contribution in [3.63, 3.8) is 0 Å². The highest BCUT2D eigenvalue weighted by Gasteiger charge is 2.31. The zero-order chi connectivity index (χ0) is 35.5. The Morgan fingerprint density at radius 1 is 0.638 bits per heavy atom. The predicted molar refractivity (Wildman–Crippen MR) is 180 cm³/mol. The van der Waals surface area contributed by atoms with Gasteiger partial charge in [-0.2, -0.15) is 0 Å². The van der Waals surface area contributed by atoms with Crippen LogP contribution < -0.4 is 55.7 Å². The van der Waals surface area contributed by atoms with Crippen LogP contribution in [0.25, 0.3) is 0 Å². The average Bonchev–Trinajstić information content (AvgIpc) is 2.98. The van der Waals surface area contributed by atoms with E-state index in [-0.39, 0.29) is 56.6 Å². The number of hydrogen-bond donors (Lipinski definition) is 10. The highest BCUT2D eigenvalue weighted by Crippen LogP contribution is 2.10. The van der Waals surface area contributed by atoms with Crippen LogP contribution in [0, 0.1) is 5.92 Å². The molecule has 5 amide bonds. The number of guanidine groups is 2. The number of aliphatic imine (C=N–C) groups is 2. The van der Waals surface area contributed by atoms with E-state index in [4.69, 9.17) is 34.4 Å². The van der Waals surface area contributed by atoms with Gasteiger partial charge in [0.25, 0.3) is 0 Å². The number of hydrogen-bond acceptors (Lipinski definition) is 8. The molecule has 0 radical (unpaired) electrons. The van der Waals surface area contributed by atoms with Crippen LogP contribution in [0.3, 0.4) is 0 Å². The number of carbonyl (C=O) groups is 5. The van der Waals surface area contributed by atoms with Crippen LogP contribution in [-0.2, 0) is 30.4 Å². The maximum atomic E-state index is 13.7. The van der Waals surface area contributed by atoms with Gasteiger partial charge in [-0.25, -0.2) is 0 Å². The molecular weight excluding hydrogens is 608 g/mol. The van der Waals surface area contributed by atoms with Crippen molar-refractivity contribution < 1.29 is 24.0 Å². The van der Waals surface area contributed by atoms with Crippen molar-refractivity contribution in [3.05, 3.63) is 35.9 Å². The lowest BCUT2D eigenvalue weighted by Gasteiger charge is -2.27. The normalized spacial score (nSPS) is 14.0. The number of rotatable bonds is 21. The standard InChI is InChI=1S/C30H52N12O5/c1-17(2)15-22(42-28(47)23(41-25(44)18(3)31)16-19-9-5-4-6-10-19)27(46)40-21(12-8-14-38-30(35)36)26(45)39-20(24(32)43)11-7-13-37-29(33)34/h4-6,9-10,17-18,20-23H,7-8,11-16,31H2,1-3H3,(H2,32,43)(H,39,45)(H,40,46)(H,41,44)(H,42,47)(H4,33,34,37)(H4,35,36,38)/t18-,20-,21-,22-,23-/m0/s1. The van der Waals surface area contributed by atoms with E-state index in [9.17, 15) is 24.0 Å². The minimum absolute atomic E-state index is 0.0455. The summed E-state index contributed by atoms with van der Waals surface area (Å²) in [7, 11) is 0. The summed E-state index contributed by atoms with van der Waals surface area (Å²) in [6, 6.07) is 3.86. The van der Waals surface area contributed by atoms with Crippen LogP contribution in [0.15, 0.2) is 40.3 Å². The van der Waals surface area contributed by atoms with Crippen LogP contribution >= 0.6 is 0 Å². The number of nitrogens with one attached hydrogen (secondary N) is 4. The largest absolute Gasteiger partial charge is 0.370 e. The van der Waals surface area contributed by atoms with Crippen molar-refractivity contribution in [2.24, 2.45) is 50.3 Å². The number of nitrogens with two attached hydrogens (primary N) is 6. The molecule has 0 saturated carbocycles. The van der Waals surface area contributed by atoms with Gasteiger partial charge in [0, 0.05) is 19.5 Å². The Bertz CT molecular complexity index is 1230. The van der Waals surface area contributed by atoms with Crippen LogP contribution in [0.2, 0.25) is 0 Å². The smallest absolute Gasteiger partial charge is 0.243 e.